The fourth-order valence-electron chi connectivity index (χ4n) is 3.29. The minimum Gasteiger partial charge on any atom is -0.318 e. The molecule has 0 saturated carbocycles. The fourth-order valence-corrected chi connectivity index (χ4v) is 3.29. The van der Waals surface area contributed by atoms with E-state index in [2.05, 4.69) is 66.6 Å². The van der Waals surface area contributed by atoms with Gasteiger partial charge in [0.2, 0.25) is 0 Å². The third-order valence-electron chi connectivity index (χ3n) is 4.30. The van der Waals surface area contributed by atoms with Crippen LogP contribution in [0.25, 0.3) is 0 Å². The molecule has 0 radical (unpaired) electrons. The lowest BCUT2D eigenvalue weighted by Crippen LogP contribution is -2.42. The molecule has 1 saturated heterocycles. The molecule has 0 spiro atoms. The van der Waals surface area contributed by atoms with Gasteiger partial charge in [-0.3, -0.25) is 4.90 Å². The van der Waals surface area contributed by atoms with E-state index in [0.29, 0.717) is 6.04 Å². The van der Waals surface area contributed by atoms with Crippen molar-refractivity contribution in [2.75, 3.05) is 47.3 Å². The summed E-state index contributed by atoms with van der Waals surface area (Å²) in [5, 5.41) is 3.36. The maximum absolute atomic E-state index is 3.36. The van der Waals surface area contributed by atoms with Crippen LogP contribution in [0, 0.1) is 5.92 Å². The number of nitrogens with zero attached hydrogens (tertiary/aromatic N) is 2. The van der Waals surface area contributed by atoms with Gasteiger partial charge in [0.15, 0.2) is 0 Å². The first-order valence-electron chi connectivity index (χ1n) is 7.79. The van der Waals surface area contributed by atoms with Gasteiger partial charge in [0.1, 0.15) is 0 Å². The first-order chi connectivity index (χ1) is 9.70. The molecule has 0 amide bonds. The number of benzene rings is 1. The molecule has 1 aromatic carbocycles. The molecule has 1 aromatic rings. The molecule has 1 aliphatic heterocycles. The van der Waals surface area contributed by atoms with E-state index in [-0.39, 0.29) is 0 Å². The summed E-state index contributed by atoms with van der Waals surface area (Å²) in [6.07, 6.45) is 2.65. The number of nitrogens with one attached hydrogen (secondary N) is 1. The molecule has 2 rings (SSSR count). The maximum atomic E-state index is 3.36. The molecule has 0 aromatic heterocycles. The topological polar surface area (TPSA) is 18.5 Å². The summed E-state index contributed by atoms with van der Waals surface area (Å²) < 4.78 is 0. The van der Waals surface area contributed by atoms with Crippen LogP contribution in [0.2, 0.25) is 0 Å². The average molecular weight is 275 g/mol. The highest BCUT2D eigenvalue weighted by Crippen LogP contribution is 2.26. The van der Waals surface area contributed by atoms with Gasteiger partial charge in [-0.2, -0.15) is 0 Å². The molecule has 3 heteroatoms. The average Bonchev–Trinajstić information content (AvgIpc) is 2.46. The van der Waals surface area contributed by atoms with E-state index in [0.717, 1.165) is 12.5 Å². The number of piperidine rings is 1. The van der Waals surface area contributed by atoms with Crippen LogP contribution in [-0.2, 0) is 0 Å². The van der Waals surface area contributed by atoms with E-state index in [9.17, 15) is 0 Å². The number of likely N-dealkylation sites (N-methyl/N-ethyl adjacent to an activating group) is 1. The molecule has 1 heterocycles. The van der Waals surface area contributed by atoms with E-state index in [1.807, 2.05) is 0 Å². The molecule has 1 atom stereocenters. The molecule has 1 aliphatic rings. The molecule has 1 unspecified atom stereocenters. The lowest BCUT2D eigenvalue weighted by molar-refractivity contribution is 0.119. The van der Waals surface area contributed by atoms with Crippen molar-refractivity contribution in [3.8, 4) is 0 Å². The molecular weight excluding hydrogens is 246 g/mol. The Balaban J connectivity index is 1.95. The molecule has 20 heavy (non-hydrogen) atoms. The Kier molecular flexibility index (Phi) is 6.02. The summed E-state index contributed by atoms with van der Waals surface area (Å²) in [6, 6.07) is 11.4. The smallest absolute Gasteiger partial charge is 0.0472 e. The Morgan fingerprint density at radius 3 is 2.40 bits per heavy atom. The Bertz CT molecular complexity index is 369. The van der Waals surface area contributed by atoms with Gasteiger partial charge >= 0.3 is 0 Å². The first kappa shape index (κ1) is 15.5. The molecular formula is C17H29N3. The second-order valence-electron chi connectivity index (χ2n) is 6.23. The Morgan fingerprint density at radius 1 is 1.20 bits per heavy atom. The van der Waals surface area contributed by atoms with Crippen LogP contribution in [0.5, 0.6) is 0 Å². The molecule has 3 nitrogen and oxygen atoms in total. The van der Waals surface area contributed by atoms with Crippen molar-refractivity contribution in [3.05, 3.63) is 35.9 Å². The molecule has 0 aliphatic carbocycles. The summed E-state index contributed by atoms with van der Waals surface area (Å²) in [5.74, 6) is 0.868. The zero-order valence-electron chi connectivity index (χ0n) is 13.2. The Morgan fingerprint density at radius 2 is 1.85 bits per heavy atom. The zero-order valence-corrected chi connectivity index (χ0v) is 13.2. The lowest BCUT2D eigenvalue weighted by Gasteiger charge is -2.38. The summed E-state index contributed by atoms with van der Waals surface area (Å²) in [7, 11) is 6.41. The minimum atomic E-state index is 0.515. The van der Waals surface area contributed by atoms with Crippen molar-refractivity contribution in [3.63, 3.8) is 0 Å². The summed E-state index contributed by atoms with van der Waals surface area (Å²) in [6.45, 7) is 4.71. The van der Waals surface area contributed by atoms with Crippen molar-refractivity contribution < 1.29 is 0 Å². The van der Waals surface area contributed by atoms with Crippen LogP contribution in [0.15, 0.2) is 30.3 Å². The van der Waals surface area contributed by atoms with Gasteiger partial charge in [-0.25, -0.2) is 0 Å². The number of hydrogen-bond donors (Lipinski definition) is 1. The highest BCUT2D eigenvalue weighted by molar-refractivity contribution is 5.19. The second kappa shape index (κ2) is 7.77. The van der Waals surface area contributed by atoms with Gasteiger partial charge in [-0.15, -0.1) is 0 Å². The van der Waals surface area contributed by atoms with Crippen LogP contribution in [-0.4, -0.2) is 57.1 Å². The normalized spacial score (nSPS) is 19.4. The van der Waals surface area contributed by atoms with Crippen molar-refractivity contribution in [1.82, 2.24) is 15.1 Å². The van der Waals surface area contributed by atoms with Crippen molar-refractivity contribution in [1.29, 1.82) is 0 Å². The summed E-state index contributed by atoms with van der Waals surface area (Å²) in [5.41, 5.74) is 1.44. The van der Waals surface area contributed by atoms with Crippen LogP contribution >= 0.6 is 0 Å². The van der Waals surface area contributed by atoms with Gasteiger partial charge in [0.05, 0.1) is 0 Å². The zero-order chi connectivity index (χ0) is 14.4. The lowest BCUT2D eigenvalue weighted by atomic mass is 9.94. The first-order valence-corrected chi connectivity index (χ1v) is 7.79. The Hall–Kier alpha value is -0.900. The highest BCUT2D eigenvalue weighted by atomic mass is 15.2. The summed E-state index contributed by atoms with van der Waals surface area (Å²) in [4.78, 5) is 4.97. The molecule has 112 valence electrons. The molecule has 1 N–H and O–H groups in total. The maximum Gasteiger partial charge on any atom is 0.0472 e. The number of rotatable bonds is 6. The van der Waals surface area contributed by atoms with E-state index < -0.39 is 0 Å². The van der Waals surface area contributed by atoms with E-state index in [1.54, 1.807) is 0 Å². The van der Waals surface area contributed by atoms with Gasteiger partial charge < -0.3 is 10.2 Å². The predicted molar refractivity (Wildman–Crippen MR) is 86.0 cm³/mol. The van der Waals surface area contributed by atoms with E-state index in [1.165, 1.54) is 38.0 Å². The van der Waals surface area contributed by atoms with Gasteiger partial charge in [-0.05, 0) is 58.6 Å². The summed E-state index contributed by atoms with van der Waals surface area (Å²) >= 11 is 0. The molecule has 0 bridgehead atoms. The van der Waals surface area contributed by atoms with Crippen molar-refractivity contribution >= 4 is 0 Å². The van der Waals surface area contributed by atoms with Gasteiger partial charge in [0.25, 0.3) is 0 Å². The monoisotopic (exact) mass is 275 g/mol. The van der Waals surface area contributed by atoms with Crippen molar-refractivity contribution in [2.24, 2.45) is 5.92 Å². The van der Waals surface area contributed by atoms with Crippen LogP contribution in [0.3, 0.4) is 0 Å². The number of hydrogen-bond acceptors (Lipinski definition) is 3. The van der Waals surface area contributed by atoms with E-state index in [4.69, 9.17) is 0 Å². The largest absolute Gasteiger partial charge is 0.318 e. The highest BCUT2D eigenvalue weighted by Gasteiger charge is 2.25. The Labute approximate surface area is 124 Å². The van der Waals surface area contributed by atoms with E-state index >= 15 is 0 Å². The van der Waals surface area contributed by atoms with Gasteiger partial charge in [0, 0.05) is 19.1 Å². The quantitative estimate of drug-likeness (QED) is 0.859. The molecule has 1 fully saturated rings. The van der Waals surface area contributed by atoms with Crippen LogP contribution in [0.1, 0.15) is 24.4 Å². The SMILES string of the molecule is CNCC(c1ccccc1)N1CCC(CN(C)C)CC1. The predicted octanol–water partition coefficient (Wildman–Crippen LogP) is 2.22. The minimum absolute atomic E-state index is 0.515. The standard InChI is InChI=1S/C17H29N3/c1-18-13-17(16-7-5-4-6-8-16)20-11-9-15(10-12-20)14-19(2)3/h4-8,15,17-18H,9-14H2,1-3H3. The van der Waals surface area contributed by atoms with Crippen LogP contribution in [0.4, 0.5) is 0 Å². The fraction of sp³-hybridized carbons (Fsp3) is 0.647. The number of likely N-dealkylation sites (tertiary alicyclic amines) is 1. The third kappa shape index (κ3) is 4.30. The van der Waals surface area contributed by atoms with Crippen molar-refractivity contribution in [2.45, 2.75) is 18.9 Å². The van der Waals surface area contributed by atoms with Gasteiger partial charge in [-0.1, -0.05) is 30.3 Å². The second-order valence-corrected chi connectivity index (χ2v) is 6.23. The van der Waals surface area contributed by atoms with Crippen LogP contribution < -0.4 is 5.32 Å². The third-order valence-corrected chi connectivity index (χ3v) is 4.30.